The maximum absolute atomic E-state index is 5.63. The fourth-order valence-corrected chi connectivity index (χ4v) is 2.75. The molecule has 3 N–H and O–H groups in total. The van der Waals surface area contributed by atoms with Crippen molar-refractivity contribution in [3.63, 3.8) is 0 Å². The van der Waals surface area contributed by atoms with Gasteiger partial charge < -0.3 is 0 Å². The summed E-state index contributed by atoms with van der Waals surface area (Å²) in [5.41, 5.74) is 3.92. The van der Waals surface area contributed by atoms with E-state index in [-0.39, 0.29) is 6.04 Å². The largest absolute Gasteiger partial charge is 0.271 e. The van der Waals surface area contributed by atoms with E-state index >= 15 is 0 Å². The predicted molar refractivity (Wildman–Crippen MR) is 66.1 cm³/mol. The van der Waals surface area contributed by atoms with Crippen LogP contribution in [0.3, 0.4) is 0 Å². The number of hydrogen-bond acceptors (Lipinski definition) is 4. The minimum Gasteiger partial charge on any atom is -0.271 e. The summed E-state index contributed by atoms with van der Waals surface area (Å²) in [5.74, 6) is 5.63. The minimum absolute atomic E-state index is 0.0257. The van der Waals surface area contributed by atoms with Gasteiger partial charge in [-0.15, -0.1) is 11.3 Å². The number of hydrogen-bond donors (Lipinski definition) is 2. The highest BCUT2D eigenvalue weighted by Gasteiger charge is 2.17. The van der Waals surface area contributed by atoms with Crippen LogP contribution < -0.4 is 11.3 Å². The molecule has 0 spiro atoms. The van der Waals surface area contributed by atoms with Crippen molar-refractivity contribution in [1.82, 2.24) is 15.2 Å². The SMILES string of the molecule is CCc1ccc(C(NN)c2ccnn2C)s1. The molecule has 16 heavy (non-hydrogen) atoms. The van der Waals surface area contributed by atoms with Crippen molar-refractivity contribution >= 4 is 11.3 Å². The number of rotatable bonds is 4. The van der Waals surface area contributed by atoms with Crippen LogP contribution in [0.4, 0.5) is 0 Å². The third-order valence-corrected chi connectivity index (χ3v) is 3.93. The second kappa shape index (κ2) is 4.78. The normalized spacial score (nSPS) is 12.9. The summed E-state index contributed by atoms with van der Waals surface area (Å²) in [4.78, 5) is 2.60. The molecular formula is C11H16N4S. The van der Waals surface area contributed by atoms with E-state index in [1.807, 2.05) is 17.8 Å². The van der Waals surface area contributed by atoms with E-state index < -0.39 is 0 Å². The van der Waals surface area contributed by atoms with Gasteiger partial charge in [0, 0.05) is 23.0 Å². The summed E-state index contributed by atoms with van der Waals surface area (Å²) in [7, 11) is 1.92. The first-order chi connectivity index (χ1) is 7.76. The van der Waals surface area contributed by atoms with Crippen molar-refractivity contribution in [3.8, 4) is 0 Å². The van der Waals surface area contributed by atoms with Crippen LogP contribution in [-0.2, 0) is 13.5 Å². The van der Waals surface area contributed by atoms with Crippen LogP contribution in [0.5, 0.6) is 0 Å². The number of hydrazine groups is 1. The van der Waals surface area contributed by atoms with Crippen molar-refractivity contribution < 1.29 is 0 Å². The van der Waals surface area contributed by atoms with E-state index in [4.69, 9.17) is 5.84 Å². The van der Waals surface area contributed by atoms with Gasteiger partial charge in [0.05, 0.1) is 11.7 Å². The van der Waals surface area contributed by atoms with Crippen LogP contribution in [-0.4, -0.2) is 9.78 Å². The summed E-state index contributed by atoms with van der Waals surface area (Å²) < 4.78 is 1.84. The average molecular weight is 236 g/mol. The molecule has 0 aliphatic heterocycles. The lowest BCUT2D eigenvalue weighted by molar-refractivity contribution is 0.582. The van der Waals surface area contributed by atoms with E-state index in [0.29, 0.717) is 0 Å². The van der Waals surface area contributed by atoms with E-state index in [2.05, 4.69) is 29.6 Å². The third kappa shape index (κ3) is 2.02. The van der Waals surface area contributed by atoms with Crippen LogP contribution in [0.1, 0.15) is 28.4 Å². The minimum atomic E-state index is 0.0257. The standard InChI is InChI=1S/C11H16N4S/c1-3-8-4-5-10(16-8)11(14-12)9-6-7-13-15(9)2/h4-7,11,14H,3,12H2,1-2H3. The molecule has 0 amide bonds. The Kier molecular flexibility index (Phi) is 3.38. The number of nitrogens with two attached hydrogens (primary N) is 1. The molecule has 0 aromatic carbocycles. The molecule has 0 saturated heterocycles. The van der Waals surface area contributed by atoms with Gasteiger partial charge in [0.25, 0.3) is 0 Å². The number of aryl methyl sites for hydroxylation is 2. The molecule has 0 aliphatic rings. The van der Waals surface area contributed by atoms with Crippen molar-refractivity contribution in [2.75, 3.05) is 0 Å². The molecule has 0 bridgehead atoms. The van der Waals surface area contributed by atoms with Crippen molar-refractivity contribution in [2.45, 2.75) is 19.4 Å². The van der Waals surface area contributed by atoms with Crippen LogP contribution in [0.15, 0.2) is 24.4 Å². The van der Waals surface area contributed by atoms with Gasteiger partial charge >= 0.3 is 0 Å². The topological polar surface area (TPSA) is 55.9 Å². The Labute approximate surface area is 99.1 Å². The first kappa shape index (κ1) is 11.3. The Morgan fingerprint density at radius 2 is 2.31 bits per heavy atom. The highest BCUT2D eigenvalue weighted by molar-refractivity contribution is 7.12. The molecule has 86 valence electrons. The van der Waals surface area contributed by atoms with Gasteiger partial charge in [-0.2, -0.15) is 5.10 Å². The Morgan fingerprint density at radius 3 is 2.81 bits per heavy atom. The highest BCUT2D eigenvalue weighted by atomic mass is 32.1. The summed E-state index contributed by atoms with van der Waals surface area (Å²) in [6.07, 6.45) is 2.85. The molecular weight excluding hydrogens is 220 g/mol. The first-order valence-corrected chi connectivity index (χ1v) is 6.10. The molecule has 1 unspecified atom stereocenters. The van der Waals surface area contributed by atoms with Crippen LogP contribution in [0.2, 0.25) is 0 Å². The van der Waals surface area contributed by atoms with Gasteiger partial charge in [0.15, 0.2) is 0 Å². The van der Waals surface area contributed by atoms with Gasteiger partial charge in [0.1, 0.15) is 0 Å². The monoisotopic (exact) mass is 236 g/mol. The summed E-state index contributed by atoms with van der Waals surface area (Å²) in [6.45, 7) is 2.16. The maximum atomic E-state index is 5.63. The van der Waals surface area contributed by atoms with Crippen LogP contribution in [0, 0.1) is 0 Å². The summed E-state index contributed by atoms with van der Waals surface area (Å²) in [5, 5.41) is 4.16. The zero-order valence-electron chi connectivity index (χ0n) is 9.47. The van der Waals surface area contributed by atoms with E-state index in [1.54, 1.807) is 17.5 Å². The van der Waals surface area contributed by atoms with E-state index in [0.717, 1.165) is 12.1 Å². The molecule has 0 aliphatic carbocycles. The maximum Gasteiger partial charge on any atom is 0.0969 e. The average Bonchev–Trinajstić information content (AvgIpc) is 2.90. The number of thiophene rings is 1. The zero-order valence-corrected chi connectivity index (χ0v) is 10.3. The van der Waals surface area contributed by atoms with Gasteiger partial charge in [-0.25, -0.2) is 5.43 Å². The van der Waals surface area contributed by atoms with Crippen molar-refractivity contribution in [3.05, 3.63) is 39.8 Å². The van der Waals surface area contributed by atoms with E-state index in [9.17, 15) is 0 Å². The molecule has 2 aromatic rings. The Balaban J connectivity index is 2.32. The molecule has 0 radical (unpaired) electrons. The molecule has 2 heterocycles. The summed E-state index contributed by atoms with van der Waals surface area (Å²) in [6, 6.07) is 6.29. The van der Waals surface area contributed by atoms with Crippen molar-refractivity contribution in [1.29, 1.82) is 0 Å². The summed E-state index contributed by atoms with van der Waals surface area (Å²) >= 11 is 1.79. The van der Waals surface area contributed by atoms with Gasteiger partial charge in [-0.05, 0) is 24.6 Å². The zero-order chi connectivity index (χ0) is 11.5. The molecule has 5 heteroatoms. The Hall–Kier alpha value is -1.17. The second-order valence-electron chi connectivity index (χ2n) is 3.64. The number of nitrogens with one attached hydrogen (secondary N) is 1. The lowest BCUT2D eigenvalue weighted by Gasteiger charge is -2.14. The molecule has 0 saturated carbocycles. The third-order valence-electron chi connectivity index (χ3n) is 2.64. The Morgan fingerprint density at radius 1 is 1.50 bits per heavy atom. The van der Waals surface area contributed by atoms with Gasteiger partial charge in [0.2, 0.25) is 0 Å². The molecule has 4 nitrogen and oxygen atoms in total. The second-order valence-corrected chi connectivity index (χ2v) is 4.84. The van der Waals surface area contributed by atoms with Gasteiger partial charge in [-0.1, -0.05) is 6.92 Å². The van der Waals surface area contributed by atoms with Crippen LogP contribution in [0.25, 0.3) is 0 Å². The molecule has 2 aromatic heterocycles. The molecule has 2 rings (SSSR count). The lowest BCUT2D eigenvalue weighted by atomic mass is 10.2. The van der Waals surface area contributed by atoms with Crippen LogP contribution >= 0.6 is 11.3 Å². The number of aromatic nitrogens is 2. The fraction of sp³-hybridized carbons (Fsp3) is 0.364. The van der Waals surface area contributed by atoms with E-state index in [1.165, 1.54) is 9.75 Å². The lowest BCUT2D eigenvalue weighted by Crippen LogP contribution is -2.29. The predicted octanol–water partition coefficient (Wildman–Crippen LogP) is 1.60. The number of nitrogens with zero attached hydrogens (tertiary/aromatic N) is 2. The van der Waals surface area contributed by atoms with Gasteiger partial charge in [-0.3, -0.25) is 10.5 Å². The smallest absolute Gasteiger partial charge is 0.0969 e. The fourth-order valence-electron chi connectivity index (χ4n) is 1.72. The molecule has 1 atom stereocenters. The molecule has 0 fully saturated rings. The highest BCUT2D eigenvalue weighted by Crippen LogP contribution is 2.27. The first-order valence-electron chi connectivity index (χ1n) is 5.29. The van der Waals surface area contributed by atoms with Crippen molar-refractivity contribution in [2.24, 2.45) is 12.9 Å². The Bertz CT molecular complexity index is 460. The quantitative estimate of drug-likeness (QED) is 0.626.